The van der Waals surface area contributed by atoms with Gasteiger partial charge < -0.3 is 15.2 Å². The Labute approximate surface area is 124 Å². The highest BCUT2D eigenvalue weighted by Crippen LogP contribution is 2.36. The van der Waals surface area contributed by atoms with Crippen molar-refractivity contribution in [3.63, 3.8) is 0 Å². The van der Waals surface area contributed by atoms with Crippen molar-refractivity contribution in [2.24, 2.45) is 5.92 Å². The third-order valence-corrected chi connectivity index (χ3v) is 4.99. The van der Waals surface area contributed by atoms with Gasteiger partial charge in [0.15, 0.2) is 0 Å². The van der Waals surface area contributed by atoms with Gasteiger partial charge in [-0.15, -0.1) is 11.6 Å². The summed E-state index contributed by atoms with van der Waals surface area (Å²) >= 11 is 0. The molecule has 2 unspecified atom stereocenters. The van der Waals surface area contributed by atoms with Gasteiger partial charge in [0, 0.05) is 0 Å². The van der Waals surface area contributed by atoms with Gasteiger partial charge in [0.1, 0.15) is 0 Å². The average Bonchev–Trinajstić information content (AvgIpc) is 2.73. The molecule has 2 N–H and O–H groups in total. The zero-order valence-corrected chi connectivity index (χ0v) is 14.0. The Bertz CT molecular complexity index is 313. The van der Waals surface area contributed by atoms with Crippen LogP contribution in [-0.2, 0) is 9.45 Å². The van der Waals surface area contributed by atoms with Gasteiger partial charge in [-0.05, 0) is 32.4 Å². The van der Waals surface area contributed by atoms with Crippen LogP contribution in [0.4, 0.5) is 0 Å². The van der Waals surface area contributed by atoms with Crippen molar-refractivity contribution in [2.45, 2.75) is 71.6 Å². The lowest BCUT2D eigenvalue weighted by molar-refractivity contribution is -0.134. The zero-order chi connectivity index (χ0) is 15.3. The van der Waals surface area contributed by atoms with E-state index in [1.54, 1.807) is 0 Å². The van der Waals surface area contributed by atoms with Crippen LogP contribution in [0.5, 0.6) is 0 Å². The van der Waals surface area contributed by atoms with Crippen LogP contribution in [0.2, 0.25) is 11.6 Å². The van der Waals surface area contributed by atoms with Gasteiger partial charge >= 0.3 is 0 Å². The van der Waals surface area contributed by atoms with E-state index in [4.69, 9.17) is 4.65 Å². The highest BCUT2D eigenvalue weighted by Gasteiger charge is 2.45. The second-order valence-electron chi connectivity index (χ2n) is 6.96. The van der Waals surface area contributed by atoms with Crippen molar-refractivity contribution in [3.05, 3.63) is 0 Å². The van der Waals surface area contributed by atoms with Gasteiger partial charge in [0.2, 0.25) is 6.48 Å². The summed E-state index contributed by atoms with van der Waals surface area (Å²) in [5.41, 5.74) is 0. The van der Waals surface area contributed by atoms with E-state index in [9.17, 15) is 4.79 Å². The maximum atomic E-state index is 12.2. The topological polar surface area (TPSA) is 50.4 Å². The minimum absolute atomic E-state index is 0.0460. The normalized spacial score (nSPS) is 23.4. The van der Waals surface area contributed by atoms with Crippen molar-refractivity contribution in [3.8, 4) is 0 Å². The monoisotopic (exact) mass is 283 g/mol. The van der Waals surface area contributed by atoms with Gasteiger partial charge in [-0.3, -0.25) is 4.79 Å². The number of hydrogen-bond donors (Lipinski definition) is 2. The zero-order valence-electron chi connectivity index (χ0n) is 14.0. The smallest absolute Gasteiger partial charge is 0.273 e. The van der Waals surface area contributed by atoms with Crippen molar-refractivity contribution in [2.75, 3.05) is 13.6 Å². The highest BCUT2D eigenvalue weighted by molar-refractivity contribution is 6.77. The molecular weight excluding hydrogens is 251 g/mol. The van der Waals surface area contributed by atoms with Crippen molar-refractivity contribution < 1.29 is 9.45 Å². The van der Waals surface area contributed by atoms with E-state index in [0.717, 1.165) is 25.8 Å². The Morgan fingerprint density at radius 2 is 1.90 bits per heavy atom. The molecule has 4 nitrogen and oxygen atoms in total. The first-order valence-corrected chi connectivity index (χ1v) is 8.18. The first kappa shape index (κ1) is 17.5. The van der Waals surface area contributed by atoms with Crippen LogP contribution in [0, 0.1) is 5.92 Å². The van der Waals surface area contributed by atoms with Gasteiger partial charge in [0.25, 0.3) is 5.97 Å². The molecule has 0 spiro atoms. The number of carbonyl (C=O) groups excluding carboxylic acids is 1. The van der Waals surface area contributed by atoms with Gasteiger partial charge in [-0.25, -0.2) is 0 Å². The molecule has 0 bridgehead atoms. The molecule has 118 valence electrons. The van der Waals surface area contributed by atoms with E-state index in [1.807, 2.05) is 7.05 Å². The van der Waals surface area contributed by atoms with E-state index in [1.165, 1.54) is 0 Å². The Morgan fingerprint density at radius 1 is 1.30 bits per heavy atom. The van der Waals surface area contributed by atoms with E-state index in [0.29, 0.717) is 17.6 Å². The predicted octanol–water partition coefficient (Wildman–Crippen LogP) is 2.79. The minimum Gasteiger partial charge on any atom is -0.673 e. The van der Waals surface area contributed by atoms with E-state index >= 15 is 0 Å². The predicted molar refractivity (Wildman–Crippen MR) is 85.9 cm³/mol. The fourth-order valence-electron chi connectivity index (χ4n) is 3.45. The quantitative estimate of drug-likeness (QED) is 0.673. The summed E-state index contributed by atoms with van der Waals surface area (Å²) in [5, 5.41) is 6.75. The van der Waals surface area contributed by atoms with Crippen molar-refractivity contribution in [1.82, 2.24) is 10.5 Å². The molecule has 1 heterocycles. The third kappa shape index (κ3) is 3.76. The lowest BCUT2D eigenvalue weighted by Crippen LogP contribution is -2.54. The number of nitrogens with one attached hydrogen (secondary N) is 2. The summed E-state index contributed by atoms with van der Waals surface area (Å²) < 4.78 is 5.83. The lowest BCUT2D eigenvalue weighted by atomic mass is 9.37. The molecule has 2 atom stereocenters. The molecule has 1 saturated heterocycles. The Balaban J connectivity index is 2.71. The second-order valence-corrected chi connectivity index (χ2v) is 6.96. The molecule has 0 aromatic heterocycles. The Morgan fingerprint density at radius 3 is 2.30 bits per heavy atom. The van der Waals surface area contributed by atoms with Crippen LogP contribution >= 0.6 is 0 Å². The molecule has 0 amide bonds. The Kier molecular flexibility index (Phi) is 6.53. The van der Waals surface area contributed by atoms with Gasteiger partial charge in [0.05, 0.1) is 6.04 Å². The number of rotatable bonds is 8. The second kappa shape index (κ2) is 7.46. The van der Waals surface area contributed by atoms with Crippen LogP contribution in [0.1, 0.15) is 53.9 Å². The minimum atomic E-state index is -1.24. The fraction of sp³-hybridized carbons (Fsp3) is 0.933. The van der Waals surface area contributed by atoms with Crippen LogP contribution < -0.4 is 10.5 Å². The molecule has 0 aromatic rings. The van der Waals surface area contributed by atoms with E-state index in [2.05, 4.69) is 45.2 Å². The molecule has 1 fully saturated rings. The first-order valence-electron chi connectivity index (χ1n) is 8.18. The maximum Gasteiger partial charge on any atom is 0.273 e. The Hall–Kier alpha value is -0.545. The average molecular weight is 283 g/mol. The molecule has 1 aliphatic heterocycles. The molecular formula is C15H32BN2O2-. The standard InChI is InChI=1S/C15H32BN2O2/c1-7-13(8-9-17-6)10-14-15(19)20-16(18-14,11(2)3)12(4)5/h11-14,17-18H,7-10H2,1-6H3/q-1. The number of carbonyl (C=O) groups is 1. The SMILES string of the molecule is CCC(CCNC)CC1N[B-](C(C)C)(C(C)C)OC1=O. The molecule has 0 radical (unpaired) electrons. The van der Waals surface area contributed by atoms with Crippen LogP contribution in [0.3, 0.4) is 0 Å². The van der Waals surface area contributed by atoms with Crippen LogP contribution in [0.25, 0.3) is 0 Å². The number of hydrogen-bond acceptors (Lipinski definition) is 4. The summed E-state index contributed by atoms with van der Waals surface area (Å²) in [6.07, 6.45) is 3.11. The maximum absolute atomic E-state index is 12.2. The molecule has 0 aromatic carbocycles. The van der Waals surface area contributed by atoms with Crippen molar-refractivity contribution >= 4 is 12.5 Å². The van der Waals surface area contributed by atoms with E-state index < -0.39 is 6.48 Å². The fourth-order valence-corrected chi connectivity index (χ4v) is 3.45. The summed E-state index contributed by atoms with van der Waals surface area (Å²) in [5.74, 6) is 1.19. The molecule has 20 heavy (non-hydrogen) atoms. The van der Waals surface area contributed by atoms with Gasteiger partial charge in [-0.2, -0.15) is 0 Å². The summed E-state index contributed by atoms with van der Waals surface area (Å²) in [6.45, 7) is 10.5. The summed E-state index contributed by atoms with van der Waals surface area (Å²) in [4.78, 5) is 12.2. The largest absolute Gasteiger partial charge is 0.673 e. The van der Waals surface area contributed by atoms with Crippen LogP contribution in [-0.4, -0.2) is 32.1 Å². The molecule has 5 heteroatoms. The highest BCUT2D eigenvalue weighted by atomic mass is 16.5. The van der Waals surface area contributed by atoms with Crippen molar-refractivity contribution in [1.29, 1.82) is 0 Å². The summed E-state index contributed by atoms with van der Waals surface area (Å²) in [6, 6.07) is -0.124. The van der Waals surface area contributed by atoms with Crippen LogP contribution in [0.15, 0.2) is 0 Å². The molecule has 1 rings (SSSR count). The molecule has 0 aliphatic carbocycles. The lowest BCUT2D eigenvalue weighted by Gasteiger charge is -2.43. The summed E-state index contributed by atoms with van der Waals surface area (Å²) in [7, 11) is 1.97. The first-order chi connectivity index (χ1) is 9.37. The van der Waals surface area contributed by atoms with E-state index in [-0.39, 0.29) is 12.0 Å². The third-order valence-electron chi connectivity index (χ3n) is 4.99. The molecule has 1 aliphatic rings. The van der Waals surface area contributed by atoms with Gasteiger partial charge in [-0.1, -0.05) is 41.0 Å². The molecule has 0 saturated carbocycles.